The number of ether oxygens (including phenoxy) is 1. The highest BCUT2D eigenvalue weighted by Crippen LogP contribution is 2.26. The van der Waals surface area contributed by atoms with E-state index in [0.29, 0.717) is 12.4 Å². The Hall–Kier alpha value is -2.58. The molecule has 0 fully saturated rings. The van der Waals surface area contributed by atoms with Crippen LogP contribution >= 0.6 is 11.8 Å². The van der Waals surface area contributed by atoms with Gasteiger partial charge < -0.3 is 18.8 Å². The fourth-order valence-electron chi connectivity index (χ4n) is 4.10. The number of aryl methyl sites for hydroxylation is 1. The summed E-state index contributed by atoms with van der Waals surface area (Å²) in [6, 6.07) is 10.4. The molecule has 0 saturated carbocycles. The van der Waals surface area contributed by atoms with Gasteiger partial charge in [0.05, 0.1) is 5.75 Å². The van der Waals surface area contributed by atoms with Crippen molar-refractivity contribution >= 4 is 23.2 Å². The average Bonchev–Trinajstić information content (AvgIpc) is 3.33. The zero-order chi connectivity index (χ0) is 24.0. The summed E-state index contributed by atoms with van der Waals surface area (Å²) in [6.07, 6.45) is 0.923. The largest absolute Gasteiger partial charge is 0.385 e. The van der Waals surface area contributed by atoms with Gasteiger partial charge in [-0.05, 0) is 64.4 Å². The first-order chi connectivity index (χ1) is 15.9. The second-order valence-corrected chi connectivity index (χ2v) is 9.02. The molecular formula is C25H35N5O2S. The zero-order valence-electron chi connectivity index (χ0n) is 20.6. The lowest BCUT2D eigenvalue weighted by molar-refractivity contribution is 0.102. The Kier molecular flexibility index (Phi) is 8.74. The molecule has 3 aromatic rings. The van der Waals surface area contributed by atoms with Crippen LogP contribution in [0.2, 0.25) is 0 Å². The molecule has 0 bridgehead atoms. The van der Waals surface area contributed by atoms with Gasteiger partial charge in [0.2, 0.25) is 0 Å². The summed E-state index contributed by atoms with van der Waals surface area (Å²) >= 11 is 1.43. The number of benzene rings is 1. The van der Waals surface area contributed by atoms with Crippen molar-refractivity contribution in [3.63, 3.8) is 0 Å². The number of ketones is 1. The molecule has 0 amide bonds. The van der Waals surface area contributed by atoms with Crippen molar-refractivity contribution in [3.8, 4) is 11.4 Å². The molecule has 0 unspecified atom stereocenters. The van der Waals surface area contributed by atoms with Gasteiger partial charge in [-0.2, -0.15) is 0 Å². The summed E-state index contributed by atoms with van der Waals surface area (Å²) < 4.78 is 9.31. The average molecular weight is 470 g/mol. The van der Waals surface area contributed by atoms with Crippen molar-refractivity contribution in [3.05, 3.63) is 47.3 Å². The molecule has 33 heavy (non-hydrogen) atoms. The number of methoxy groups -OCH3 is 1. The third-order valence-electron chi connectivity index (χ3n) is 6.03. The number of hydrogen-bond donors (Lipinski definition) is 0. The van der Waals surface area contributed by atoms with Crippen LogP contribution in [0.3, 0.4) is 0 Å². The number of aromatic nitrogens is 4. The number of anilines is 1. The Balaban J connectivity index is 1.68. The van der Waals surface area contributed by atoms with Gasteiger partial charge in [0.25, 0.3) is 0 Å². The normalized spacial score (nSPS) is 11.2. The maximum Gasteiger partial charge on any atom is 0.191 e. The molecule has 1 aromatic carbocycles. The molecule has 7 nitrogen and oxygen atoms in total. The van der Waals surface area contributed by atoms with E-state index in [4.69, 9.17) is 4.74 Å². The summed E-state index contributed by atoms with van der Waals surface area (Å²) in [4.78, 5) is 15.3. The highest BCUT2D eigenvalue weighted by Gasteiger charge is 2.18. The lowest BCUT2D eigenvalue weighted by Crippen LogP contribution is -2.21. The van der Waals surface area contributed by atoms with Crippen LogP contribution in [0.5, 0.6) is 0 Å². The molecule has 0 atom stereocenters. The van der Waals surface area contributed by atoms with Gasteiger partial charge in [0.15, 0.2) is 16.8 Å². The minimum Gasteiger partial charge on any atom is -0.385 e. The van der Waals surface area contributed by atoms with Gasteiger partial charge in [0.1, 0.15) is 0 Å². The van der Waals surface area contributed by atoms with Gasteiger partial charge in [-0.15, -0.1) is 10.2 Å². The Morgan fingerprint density at radius 3 is 2.45 bits per heavy atom. The fourth-order valence-corrected chi connectivity index (χ4v) is 4.90. The standard InChI is InChI=1S/C25H35N5O2S/c1-7-29(8-2)21-12-10-20(11-13-21)24-26-27-25(28(24)5)33-17-23(31)22-16-18(3)30(19(22)4)14-9-15-32-6/h10-13,16H,7-9,14-15,17H2,1-6H3. The van der Waals surface area contributed by atoms with Crippen LogP contribution in [0, 0.1) is 13.8 Å². The van der Waals surface area contributed by atoms with Crippen LogP contribution in [0.15, 0.2) is 35.5 Å². The van der Waals surface area contributed by atoms with E-state index < -0.39 is 0 Å². The van der Waals surface area contributed by atoms with E-state index in [1.807, 2.05) is 31.5 Å². The molecule has 0 aliphatic rings. The van der Waals surface area contributed by atoms with Crippen molar-refractivity contribution in [2.45, 2.75) is 45.8 Å². The van der Waals surface area contributed by atoms with E-state index in [2.05, 4.69) is 57.8 Å². The zero-order valence-corrected chi connectivity index (χ0v) is 21.4. The van der Waals surface area contributed by atoms with E-state index in [0.717, 1.165) is 59.6 Å². The maximum atomic E-state index is 13.0. The van der Waals surface area contributed by atoms with Gasteiger partial charge in [0, 0.05) is 68.6 Å². The van der Waals surface area contributed by atoms with E-state index in [1.54, 1.807) is 7.11 Å². The fraction of sp³-hybridized carbons (Fsp3) is 0.480. The number of rotatable bonds is 12. The van der Waals surface area contributed by atoms with Gasteiger partial charge >= 0.3 is 0 Å². The van der Waals surface area contributed by atoms with Crippen LogP contribution in [-0.2, 0) is 18.3 Å². The first kappa shape index (κ1) is 25.1. The van der Waals surface area contributed by atoms with Crippen LogP contribution in [0.1, 0.15) is 42.0 Å². The smallest absolute Gasteiger partial charge is 0.191 e. The molecule has 0 aliphatic heterocycles. The monoisotopic (exact) mass is 469 g/mol. The predicted molar refractivity (Wildman–Crippen MR) is 135 cm³/mol. The first-order valence-corrected chi connectivity index (χ1v) is 12.5. The van der Waals surface area contributed by atoms with E-state index in [1.165, 1.54) is 17.4 Å². The Morgan fingerprint density at radius 2 is 1.82 bits per heavy atom. The first-order valence-electron chi connectivity index (χ1n) is 11.5. The predicted octanol–water partition coefficient (Wildman–Crippen LogP) is 4.76. The quantitative estimate of drug-likeness (QED) is 0.217. The van der Waals surface area contributed by atoms with Crippen molar-refractivity contribution in [1.82, 2.24) is 19.3 Å². The summed E-state index contributed by atoms with van der Waals surface area (Å²) in [5, 5.41) is 9.45. The lowest BCUT2D eigenvalue weighted by atomic mass is 10.2. The third kappa shape index (κ3) is 5.68. The Morgan fingerprint density at radius 1 is 1.12 bits per heavy atom. The number of hydrogen-bond acceptors (Lipinski definition) is 6. The van der Waals surface area contributed by atoms with E-state index in [9.17, 15) is 4.79 Å². The number of carbonyl (C=O) groups excluding carboxylic acids is 1. The summed E-state index contributed by atoms with van der Waals surface area (Å²) in [5.74, 6) is 1.24. The van der Waals surface area contributed by atoms with Crippen molar-refractivity contribution < 1.29 is 9.53 Å². The Bertz CT molecular complexity index is 1070. The molecule has 178 valence electrons. The maximum absolute atomic E-state index is 13.0. The number of thioether (sulfide) groups is 1. The van der Waals surface area contributed by atoms with Gasteiger partial charge in [-0.1, -0.05) is 11.8 Å². The highest BCUT2D eigenvalue weighted by atomic mass is 32.2. The summed E-state index contributed by atoms with van der Waals surface area (Å²) in [6.45, 7) is 11.9. The second-order valence-electron chi connectivity index (χ2n) is 8.08. The molecule has 0 aliphatic carbocycles. The molecule has 0 saturated heterocycles. The molecule has 2 aromatic heterocycles. The van der Waals surface area contributed by atoms with Crippen molar-refractivity contribution in [1.29, 1.82) is 0 Å². The molecule has 0 radical (unpaired) electrons. The molecule has 0 spiro atoms. The number of carbonyl (C=O) groups is 1. The second kappa shape index (κ2) is 11.5. The summed E-state index contributed by atoms with van der Waals surface area (Å²) in [7, 11) is 3.66. The topological polar surface area (TPSA) is 65.2 Å². The molecule has 2 heterocycles. The lowest BCUT2D eigenvalue weighted by Gasteiger charge is -2.21. The third-order valence-corrected chi connectivity index (χ3v) is 7.05. The van der Waals surface area contributed by atoms with Crippen LogP contribution < -0.4 is 4.90 Å². The van der Waals surface area contributed by atoms with E-state index in [-0.39, 0.29) is 5.78 Å². The highest BCUT2D eigenvalue weighted by molar-refractivity contribution is 7.99. The minimum atomic E-state index is 0.110. The van der Waals surface area contributed by atoms with E-state index >= 15 is 0 Å². The molecule has 3 rings (SSSR count). The minimum absolute atomic E-state index is 0.110. The van der Waals surface area contributed by atoms with Crippen molar-refractivity contribution in [2.75, 3.05) is 37.5 Å². The molecule has 8 heteroatoms. The van der Waals surface area contributed by atoms with Crippen LogP contribution in [0.4, 0.5) is 5.69 Å². The van der Waals surface area contributed by atoms with Crippen LogP contribution in [-0.4, -0.2) is 57.7 Å². The summed E-state index contributed by atoms with van der Waals surface area (Å²) in [5.41, 5.74) is 5.11. The van der Waals surface area contributed by atoms with Crippen LogP contribution in [0.25, 0.3) is 11.4 Å². The van der Waals surface area contributed by atoms with Gasteiger partial charge in [-0.25, -0.2) is 0 Å². The Labute approximate surface area is 201 Å². The SMILES string of the molecule is CCN(CC)c1ccc(-c2nnc(SCC(=O)c3cc(C)n(CCCOC)c3C)n2C)cc1. The van der Waals surface area contributed by atoms with Crippen molar-refractivity contribution in [2.24, 2.45) is 7.05 Å². The molecule has 0 N–H and O–H groups in total. The number of nitrogens with zero attached hydrogens (tertiary/aromatic N) is 5. The van der Waals surface area contributed by atoms with Gasteiger partial charge in [-0.3, -0.25) is 4.79 Å². The number of Topliss-reactive ketones (excluding diaryl/α,β-unsaturated/α-hetero) is 1. The molecular weight excluding hydrogens is 434 g/mol.